The van der Waals surface area contributed by atoms with Crippen LogP contribution in [-0.2, 0) is 16.1 Å². The standard InChI is InChI=1S/C19H27O4.Li/c1-14(9-17(20)10-19(3)13-23-19)15(2)11-22-12-16-5-7-18(21-4)8-6-16;/h5-8,15,17H,1,9-13H2,2-4H3;/q-1;+1/t15-,17-,19-;/m0./s1. The van der Waals surface area contributed by atoms with Crippen LogP contribution in [0.15, 0.2) is 36.4 Å². The van der Waals surface area contributed by atoms with Crippen molar-refractivity contribution in [3.63, 3.8) is 0 Å². The average Bonchev–Trinajstić information content (AvgIpc) is 3.24. The van der Waals surface area contributed by atoms with Gasteiger partial charge in [0.25, 0.3) is 0 Å². The van der Waals surface area contributed by atoms with Crippen molar-refractivity contribution < 1.29 is 38.2 Å². The van der Waals surface area contributed by atoms with Gasteiger partial charge < -0.3 is 19.3 Å². The first-order valence-corrected chi connectivity index (χ1v) is 8.10. The molecule has 1 aromatic carbocycles. The molecule has 0 bridgehead atoms. The van der Waals surface area contributed by atoms with Crippen LogP contribution in [0.4, 0.5) is 0 Å². The molecule has 24 heavy (non-hydrogen) atoms. The van der Waals surface area contributed by atoms with E-state index in [1.165, 1.54) is 0 Å². The summed E-state index contributed by atoms with van der Waals surface area (Å²) in [5, 5.41) is 12.1. The van der Waals surface area contributed by atoms with Crippen molar-refractivity contribution >= 4 is 0 Å². The van der Waals surface area contributed by atoms with E-state index in [4.69, 9.17) is 14.2 Å². The summed E-state index contributed by atoms with van der Waals surface area (Å²) in [6.07, 6.45) is 0.413. The summed E-state index contributed by atoms with van der Waals surface area (Å²) < 4.78 is 16.1. The summed E-state index contributed by atoms with van der Waals surface area (Å²) in [5.74, 6) is 1.02. The molecule has 0 N–H and O–H groups in total. The predicted molar refractivity (Wildman–Crippen MR) is 88.3 cm³/mol. The second kappa shape index (κ2) is 9.65. The smallest absolute Gasteiger partial charge is 0.852 e. The Labute approximate surface area is 157 Å². The summed E-state index contributed by atoms with van der Waals surface area (Å²) in [6, 6.07) is 7.82. The normalized spacial score (nSPS) is 21.5. The molecule has 5 heteroatoms. The van der Waals surface area contributed by atoms with Gasteiger partial charge in [-0.1, -0.05) is 31.2 Å². The van der Waals surface area contributed by atoms with Crippen LogP contribution in [0.3, 0.4) is 0 Å². The zero-order chi connectivity index (χ0) is 16.9. The summed E-state index contributed by atoms with van der Waals surface area (Å²) in [4.78, 5) is 0. The van der Waals surface area contributed by atoms with E-state index in [2.05, 4.69) is 13.5 Å². The summed E-state index contributed by atoms with van der Waals surface area (Å²) in [7, 11) is 1.65. The molecular formula is C19H27LiO4. The third kappa shape index (κ3) is 7.00. The van der Waals surface area contributed by atoms with Gasteiger partial charge in [-0.2, -0.15) is 0 Å². The number of ether oxygens (including phenoxy) is 3. The van der Waals surface area contributed by atoms with E-state index in [0.717, 1.165) is 16.9 Å². The van der Waals surface area contributed by atoms with Crippen molar-refractivity contribution in [2.75, 3.05) is 20.3 Å². The van der Waals surface area contributed by atoms with Crippen LogP contribution in [0.25, 0.3) is 0 Å². The molecule has 4 nitrogen and oxygen atoms in total. The second-order valence-electron chi connectivity index (χ2n) is 6.69. The van der Waals surface area contributed by atoms with Gasteiger partial charge in [0, 0.05) is 5.92 Å². The number of epoxide rings is 1. The van der Waals surface area contributed by atoms with Crippen molar-refractivity contribution in [3.8, 4) is 5.75 Å². The molecule has 0 spiro atoms. The molecule has 0 aromatic heterocycles. The van der Waals surface area contributed by atoms with E-state index >= 15 is 0 Å². The summed E-state index contributed by atoms with van der Waals surface area (Å²) >= 11 is 0. The van der Waals surface area contributed by atoms with E-state index in [0.29, 0.717) is 32.7 Å². The summed E-state index contributed by atoms with van der Waals surface area (Å²) in [6.45, 7) is 9.93. The molecule has 1 saturated heterocycles. The molecule has 1 aromatic rings. The fraction of sp³-hybridized carbons (Fsp3) is 0.579. The van der Waals surface area contributed by atoms with Gasteiger partial charge in [0.1, 0.15) is 5.75 Å². The Hall–Kier alpha value is -0.763. The van der Waals surface area contributed by atoms with Gasteiger partial charge in [0.15, 0.2) is 0 Å². The number of rotatable bonds is 10. The minimum atomic E-state index is -0.640. The fourth-order valence-electron chi connectivity index (χ4n) is 2.48. The molecule has 1 aliphatic rings. The first-order valence-electron chi connectivity index (χ1n) is 8.10. The van der Waals surface area contributed by atoms with Crippen LogP contribution >= 0.6 is 0 Å². The van der Waals surface area contributed by atoms with Gasteiger partial charge in [-0.05, 0) is 37.5 Å². The number of hydrogen-bond donors (Lipinski definition) is 0. The predicted octanol–water partition coefficient (Wildman–Crippen LogP) is -0.294. The second-order valence-corrected chi connectivity index (χ2v) is 6.69. The zero-order valence-electron chi connectivity index (χ0n) is 15.3. The molecular weight excluding hydrogens is 299 g/mol. The monoisotopic (exact) mass is 326 g/mol. The third-order valence-electron chi connectivity index (χ3n) is 4.28. The van der Waals surface area contributed by atoms with Crippen LogP contribution in [0.1, 0.15) is 32.3 Å². The summed E-state index contributed by atoms with van der Waals surface area (Å²) in [5.41, 5.74) is 1.88. The molecule has 3 atom stereocenters. The van der Waals surface area contributed by atoms with Gasteiger partial charge >= 0.3 is 18.9 Å². The molecule has 0 radical (unpaired) electrons. The van der Waals surface area contributed by atoms with Gasteiger partial charge in [-0.15, -0.1) is 6.10 Å². The Morgan fingerprint density at radius 2 is 2.00 bits per heavy atom. The Morgan fingerprint density at radius 3 is 2.54 bits per heavy atom. The fourth-order valence-corrected chi connectivity index (χ4v) is 2.48. The first kappa shape index (κ1) is 21.3. The molecule has 1 heterocycles. The zero-order valence-corrected chi connectivity index (χ0v) is 15.3. The SMILES string of the molecule is C=C(C[C@H]([O-])C[C@@]1(C)CO1)[C@@H](C)COCc1ccc(OC)cc1.[Li+]. The molecule has 0 saturated carbocycles. The van der Waals surface area contributed by atoms with Gasteiger partial charge in [-0.25, -0.2) is 0 Å². The van der Waals surface area contributed by atoms with Gasteiger partial charge in [-0.3, -0.25) is 0 Å². The van der Waals surface area contributed by atoms with Crippen LogP contribution < -0.4 is 28.7 Å². The van der Waals surface area contributed by atoms with Gasteiger partial charge in [0.05, 0.1) is 32.5 Å². The molecule has 0 unspecified atom stereocenters. The maximum absolute atomic E-state index is 12.1. The van der Waals surface area contributed by atoms with Crippen LogP contribution in [0.2, 0.25) is 0 Å². The Balaban J connectivity index is 0.00000288. The molecule has 1 aliphatic heterocycles. The topological polar surface area (TPSA) is 54.0 Å². The van der Waals surface area contributed by atoms with E-state index in [-0.39, 0.29) is 30.4 Å². The maximum atomic E-state index is 12.1. The van der Waals surface area contributed by atoms with E-state index < -0.39 is 6.10 Å². The average molecular weight is 326 g/mol. The van der Waals surface area contributed by atoms with Crippen molar-refractivity contribution in [2.45, 2.75) is 45.0 Å². The van der Waals surface area contributed by atoms with E-state index in [9.17, 15) is 5.11 Å². The van der Waals surface area contributed by atoms with Crippen LogP contribution in [0.5, 0.6) is 5.75 Å². The Morgan fingerprint density at radius 1 is 1.38 bits per heavy atom. The van der Waals surface area contributed by atoms with E-state index in [1.54, 1.807) is 7.11 Å². The third-order valence-corrected chi connectivity index (χ3v) is 4.28. The minimum Gasteiger partial charge on any atom is -0.852 e. The number of methoxy groups -OCH3 is 1. The quantitative estimate of drug-likeness (QED) is 0.337. The molecule has 0 aliphatic carbocycles. The molecule has 0 amide bonds. The largest absolute Gasteiger partial charge is 1.00 e. The van der Waals surface area contributed by atoms with Crippen LogP contribution in [-0.4, -0.2) is 32.0 Å². The van der Waals surface area contributed by atoms with Crippen molar-refractivity contribution in [3.05, 3.63) is 42.0 Å². The number of hydrogen-bond acceptors (Lipinski definition) is 4. The van der Waals surface area contributed by atoms with E-state index in [1.807, 2.05) is 31.2 Å². The number of benzene rings is 1. The van der Waals surface area contributed by atoms with Gasteiger partial charge in [0.2, 0.25) is 0 Å². The Bertz CT molecular complexity index is 511. The molecule has 128 valence electrons. The van der Waals surface area contributed by atoms with Crippen LogP contribution in [0, 0.1) is 5.92 Å². The van der Waals surface area contributed by atoms with Crippen molar-refractivity contribution in [1.82, 2.24) is 0 Å². The first-order chi connectivity index (χ1) is 10.9. The minimum absolute atomic E-state index is 0. The molecule has 1 fully saturated rings. The molecule has 2 rings (SSSR count). The Kier molecular flexibility index (Phi) is 8.56. The maximum Gasteiger partial charge on any atom is 1.00 e. The van der Waals surface area contributed by atoms with Crippen molar-refractivity contribution in [2.24, 2.45) is 5.92 Å². The van der Waals surface area contributed by atoms with Crippen molar-refractivity contribution in [1.29, 1.82) is 0 Å².